The van der Waals surface area contributed by atoms with Gasteiger partial charge >= 0.3 is 0 Å². The van der Waals surface area contributed by atoms with Gasteiger partial charge in [-0.15, -0.1) is 0 Å². The molecule has 0 spiro atoms. The van der Waals surface area contributed by atoms with E-state index in [-0.39, 0.29) is 0 Å². The van der Waals surface area contributed by atoms with Crippen molar-refractivity contribution < 1.29 is 4.74 Å². The van der Waals surface area contributed by atoms with E-state index in [1.807, 2.05) is 6.07 Å². The number of hydrogen-bond acceptors (Lipinski definition) is 5. The molecule has 16 heavy (non-hydrogen) atoms. The van der Waals surface area contributed by atoms with E-state index in [0.717, 1.165) is 18.8 Å². The number of rotatable bonds is 7. The quantitative estimate of drug-likeness (QED) is 0.691. The molecular formula is C11H20N4O. The van der Waals surface area contributed by atoms with Crippen LogP contribution in [0.2, 0.25) is 0 Å². The Morgan fingerprint density at radius 2 is 2.31 bits per heavy atom. The lowest BCUT2D eigenvalue weighted by Gasteiger charge is -2.12. The average Bonchev–Trinajstić information content (AvgIpc) is 2.30. The molecule has 0 amide bonds. The van der Waals surface area contributed by atoms with Gasteiger partial charge in [-0.2, -0.15) is 4.98 Å². The average molecular weight is 224 g/mol. The second-order valence-corrected chi connectivity index (χ2v) is 3.64. The van der Waals surface area contributed by atoms with E-state index >= 15 is 0 Å². The van der Waals surface area contributed by atoms with Crippen LogP contribution < -0.4 is 10.6 Å². The second kappa shape index (κ2) is 7.00. The van der Waals surface area contributed by atoms with Crippen LogP contribution in [0.1, 0.15) is 20.3 Å². The maximum absolute atomic E-state index is 4.95. The van der Waals surface area contributed by atoms with Crippen molar-refractivity contribution in [1.29, 1.82) is 0 Å². The zero-order chi connectivity index (χ0) is 11.8. The number of hydrogen-bond donors (Lipinski definition) is 2. The molecule has 0 aliphatic carbocycles. The van der Waals surface area contributed by atoms with Crippen LogP contribution >= 0.6 is 0 Å². The van der Waals surface area contributed by atoms with Gasteiger partial charge in [-0.25, -0.2) is 4.98 Å². The van der Waals surface area contributed by atoms with E-state index in [9.17, 15) is 0 Å². The first-order chi connectivity index (χ1) is 7.76. The van der Waals surface area contributed by atoms with Crippen molar-refractivity contribution in [3.8, 4) is 0 Å². The molecule has 0 saturated carbocycles. The van der Waals surface area contributed by atoms with E-state index in [1.54, 1.807) is 13.3 Å². The van der Waals surface area contributed by atoms with Crippen molar-refractivity contribution in [2.75, 3.05) is 30.9 Å². The SMILES string of the molecule is CCC(C)Nc1nccc(NCCOC)n1. The van der Waals surface area contributed by atoms with E-state index < -0.39 is 0 Å². The fourth-order valence-electron chi connectivity index (χ4n) is 1.13. The third-order valence-electron chi connectivity index (χ3n) is 2.26. The molecular weight excluding hydrogens is 204 g/mol. The molecule has 0 saturated heterocycles. The summed E-state index contributed by atoms with van der Waals surface area (Å²) in [6.07, 6.45) is 2.79. The van der Waals surface area contributed by atoms with Gasteiger partial charge in [0.1, 0.15) is 5.82 Å². The Balaban J connectivity index is 2.50. The minimum atomic E-state index is 0.384. The summed E-state index contributed by atoms with van der Waals surface area (Å²) < 4.78 is 4.95. The fraction of sp³-hybridized carbons (Fsp3) is 0.636. The summed E-state index contributed by atoms with van der Waals surface area (Å²) in [5.41, 5.74) is 0. The lowest BCUT2D eigenvalue weighted by atomic mass is 10.3. The molecule has 0 aliphatic rings. The largest absolute Gasteiger partial charge is 0.383 e. The standard InChI is InChI=1S/C11H20N4O/c1-4-9(2)14-11-13-6-5-10(15-11)12-7-8-16-3/h5-6,9H,4,7-8H2,1-3H3,(H2,12,13,14,15). The summed E-state index contributed by atoms with van der Waals surface area (Å²) in [5.74, 6) is 1.48. The van der Waals surface area contributed by atoms with Gasteiger partial charge in [0.15, 0.2) is 0 Å². The van der Waals surface area contributed by atoms with Gasteiger partial charge in [-0.1, -0.05) is 6.92 Å². The molecule has 1 aromatic heterocycles. The minimum Gasteiger partial charge on any atom is -0.383 e. The molecule has 2 N–H and O–H groups in total. The molecule has 0 aromatic carbocycles. The molecule has 0 radical (unpaired) electrons. The first kappa shape index (κ1) is 12.7. The maximum atomic E-state index is 4.95. The number of nitrogens with one attached hydrogen (secondary N) is 2. The van der Waals surface area contributed by atoms with E-state index in [0.29, 0.717) is 18.6 Å². The first-order valence-electron chi connectivity index (χ1n) is 5.58. The Labute approximate surface area is 96.6 Å². The molecule has 5 heteroatoms. The van der Waals surface area contributed by atoms with Gasteiger partial charge in [0.2, 0.25) is 5.95 Å². The number of methoxy groups -OCH3 is 1. The fourth-order valence-corrected chi connectivity index (χ4v) is 1.13. The molecule has 1 unspecified atom stereocenters. The zero-order valence-corrected chi connectivity index (χ0v) is 10.2. The Kier molecular flexibility index (Phi) is 5.56. The van der Waals surface area contributed by atoms with Crippen LogP contribution in [0, 0.1) is 0 Å². The highest BCUT2D eigenvalue weighted by Crippen LogP contribution is 2.07. The molecule has 90 valence electrons. The third-order valence-corrected chi connectivity index (χ3v) is 2.26. The third kappa shape index (κ3) is 4.44. The molecule has 0 bridgehead atoms. The Morgan fingerprint density at radius 3 is 3.00 bits per heavy atom. The van der Waals surface area contributed by atoms with Crippen LogP contribution in [0.5, 0.6) is 0 Å². The van der Waals surface area contributed by atoms with Crippen LogP contribution in [0.4, 0.5) is 11.8 Å². The van der Waals surface area contributed by atoms with Crippen molar-refractivity contribution in [1.82, 2.24) is 9.97 Å². The monoisotopic (exact) mass is 224 g/mol. The van der Waals surface area contributed by atoms with Crippen molar-refractivity contribution >= 4 is 11.8 Å². The van der Waals surface area contributed by atoms with Crippen molar-refractivity contribution in [3.05, 3.63) is 12.3 Å². The second-order valence-electron chi connectivity index (χ2n) is 3.64. The van der Waals surface area contributed by atoms with Crippen molar-refractivity contribution in [2.45, 2.75) is 26.3 Å². The highest BCUT2D eigenvalue weighted by atomic mass is 16.5. The molecule has 0 aliphatic heterocycles. The van der Waals surface area contributed by atoms with Gasteiger partial charge in [-0.3, -0.25) is 0 Å². The Bertz CT molecular complexity index is 306. The van der Waals surface area contributed by atoms with Crippen LogP contribution in [-0.4, -0.2) is 36.3 Å². The number of anilines is 2. The van der Waals surface area contributed by atoms with Gasteiger partial charge in [0.05, 0.1) is 6.61 Å². The predicted octanol–water partition coefficient (Wildman–Crippen LogP) is 1.75. The van der Waals surface area contributed by atoms with Gasteiger partial charge < -0.3 is 15.4 Å². The minimum absolute atomic E-state index is 0.384. The van der Waals surface area contributed by atoms with Gasteiger partial charge in [-0.05, 0) is 19.4 Å². The maximum Gasteiger partial charge on any atom is 0.224 e. The molecule has 1 aromatic rings. The first-order valence-corrected chi connectivity index (χ1v) is 5.58. The lowest BCUT2D eigenvalue weighted by molar-refractivity contribution is 0.210. The summed E-state index contributed by atoms with van der Waals surface area (Å²) in [5, 5.41) is 6.39. The van der Waals surface area contributed by atoms with E-state index in [1.165, 1.54) is 0 Å². The summed E-state index contributed by atoms with van der Waals surface area (Å²) in [7, 11) is 1.68. The lowest BCUT2D eigenvalue weighted by Crippen LogP contribution is -2.16. The summed E-state index contributed by atoms with van der Waals surface area (Å²) in [6, 6.07) is 2.23. The smallest absolute Gasteiger partial charge is 0.224 e. The van der Waals surface area contributed by atoms with Gasteiger partial charge in [0.25, 0.3) is 0 Å². The Hall–Kier alpha value is -1.36. The van der Waals surface area contributed by atoms with E-state index in [2.05, 4.69) is 34.4 Å². The van der Waals surface area contributed by atoms with Gasteiger partial charge in [0, 0.05) is 25.9 Å². The summed E-state index contributed by atoms with van der Waals surface area (Å²) >= 11 is 0. The number of aromatic nitrogens is 2. The van der Waals surface area contributed by atoms with Crippen LogP contribution in [0.3, 0.4) is 0 Å². The molecule has 1 rings (SSSR count). The van der Waals surface area contributed by atoms with Crippen molar-refractivity contribution in [3.63, 3.8) is 0 Å². The molecule has 5 nitrogen and oxygen atoms in total. The molecule has 0 fully saturated rings. The number of ether oxygens (including phenoxy) is 1. The van der Waals surface area contributed by atoms with Crippen LogP contribution in [0.25, 0.3) is 0 Å². The number of nitrogens with zero attached hydrogens (tertiary/aromatic N) is 2. The van der Waals surface area contributed by atoms with Crippen LogP contribution in [-0.2, 0) is 4.74 Å². The summed E-state index contributed by atoms with van der Waals surface area (Å²) in [4.78, 5) is 8.51. The van der Waals surface area contributed by atoms with Crippen LogP contribution in [0.15, 0.2) is 12.3 Å². The van der Waals surface area contributed by atoms with Crippen molar-refractivity contribution in [2.24, 2.45) is 0 Å². The predicted molar refractivity (Wildman–Crippen MR) is 65.8 cm³/mol. The normalized spacial score (nSPS) is 12.2. The summed E-state index contributed by atoms with van der Waals surface area (Å²) in [6.45, 7) is 5.64. The molecule has 1 heterocycles. The Morgan fingerprint density at radius 1 is 1.50 bits per heavy atom. The molecule has 1 atom stereocenters. The topological polar surface area (TPSA) is 59.1 Å². The van der Waals surface area contributed by atoms with E-state index in [4.69, 9.17) is 4.74 Å². The highest BCUT2D eigenvalue weighted by molar-refractivity contribution is 5.39. The highest BCUT2D eigenvalue weighted by Gasteiger charge is 2.02. The zero-order valence-electron chi connectivity index (χ0n) is 10.2.